The third-order valence-corrected chi connectivity index (χ3v) is 3.76. The standard InChI is InChI=1S/C19H15FO/c1-12-7-9-17(18(20)11-12)19(21)16-10-8-13(2)14-5-3-4-6-15(14)16/h3-11H,1-2H3. The number of fused-ring (bicyclic) bond motifs is 1. The van der Waals surface area contributed by atoms with E-state index in [1.165, 1.54) is 6.07 Å². The van der Waals surface area contributed by atoms with Crippen molar-refractivity contribution in [1.82, 2.24) is 0 Å². The predicted molar refractivity (Wildman–Crippen MR) is 83.3 cm³/mol. The van der Waals surface area contributed by atoms with Gasteiger partial charge >= 0.3 is 0 Å². The Morgan fingerprint density at radius 1 is 0.857 bits per heavy atom. The molecule has 0 aromatic heterocycles. The molecule has 2 heteroatoms. The van der Waals surface area contributed by atoms with E-state index in [1.54, 1.807) is 25.1 Å². The van der Waals surface area contributed by atoms with Crippen molar-refractivity contribution in [3.05, 3.63) is 82.7 Å². The monoisotopic (exact) mass is 278 g/mol. The molecule has 0 unspecified atom stereocenters. The molecule has 104 valence electrons. The first-order valence-corrected chi connectivity index (χ1v) is 6.87. The molecule has 0 aliphatic carbocycles. The third kappa shape index (κ3) is 2.33. The first-order valence-electron chi connectivity index (χ1n) is 6.87. The SMILES string of the molecule is Cc1ccc(C(=O)c2ccc(C)c3ccccc23)c(F)c1. The van der Waals surface area contributed by atoms with Crippen LogP contribution in [-0.4, -0.2) is 5.78 Å². The molecular weight excluding hydrogens is 263 g/mol. The zero-order valence-corrected chi connectivity index (χ0v) is 12.0. The lowest BCUT2D eigenvalue weighted by atomic mass is 9.94. The fourth-order valence-electron chi connectivity index (χ4n) is 2.60. The van der Waals surface area contributed by atoms with Crippen molar-refractivity contribution in [2.24, 2.45) is 0 Å². The molecule has 0 aliphatic heterocycles. The van der Waals surface area contributed by atoms with Gasteiger partial charge in [-0.15, -0.1) is 0 Å². The molecular formula is C19H15FO. The minimum Gasteiger partial charge on any atom is -0.288 e. The number of rotatable bonds is 2. The molecule has 0 spiro atoms. The molecule has 0 fully saturated rings. The molecule has 21 heavy (non-hydrogen) atoms. The Balaban J connectivity index is 2.21. The molecule has 0 heterocycles. The highest BCUT2D eigenvalue weighted by molar-refractivity contribution is 6.16. The molecule has 0 N–H and O–H groups in total. The van der Waals surface area contributed by atoms with E-state index in [0.29, 0.717) is 5.56 Å². The number of ketones is 1. The Morgan fingerprint density at radius 2 is 1.52 bits per heavy atom. The van der Waals surface area contributed by atoms with Crippen molar-refractivity contribution in [1.29, 1.82) is 0 Å². The average molecular weight is 278 g/mol. The molecule has 0 amide bonds. The summed E-state index contributed by atoms with van der Waals surface area (Å²) in [5.41, 5.74) is 2.57. The van der Waals surface area contributed by atoms with Crippen molar-refractivity contribution in [3.63, 3.8) is 0 Å². The van der Waals surface area contributed by atoms with Gasteiger partial charge in [0.2, 0.25) is 0 Å². The van der Waals surface area contributed by atoms with Crippen LogP contribution in [-0.2, 0) is 0 Å². The summed E-state index contributed by atoms with van der Waals surface area (Å²) < 4.78 is 14.0. The Bertz CT molecular complexity index is 849. The van der Waals surface area contributed by atoms with Crippen LogP contribution >= 0.6 is 0 Å². The maximum atomic E-state index is 14.0. The van der Waals surface area contributed by atoms with Gasteiger partial charge < -0.3 is 0 Å². The summed E-state index contributed by atoms with van der Waals surface area (Å²) in [4.78, 5) is 12.7. The van der Waals surface area contributed by atoms with Gasteiger partial charge in [-0.3, -0.25) is 4.79 Å². The van der Waals surface area contributed by atoms with Crippen LogP contribution in [0, 0.1) is 19.7 Å². The minimum absolute atomic E-state index is 0.120. The number of hydrogen-bond acceptors (Lipinski definition) is 1. The lowest BCUT2D eigenvalue weighted by Crippen LogP contribution is -2.05. The maximum Gasteiger partial charge on any atom is 0.196 e. The van der Waals surface area contributed by atoms with Gasteiger partial charge in [0, 0.05) is 5.56 Å². The van der Waals surface area contributed by atoms with E-state index in [2.05, 4.69) is 0 Å². The van der Waals surface area contributed by atoms with E-state index >= 15 is 0 Å². The van der Waals surface area contributed by atoms with Crippen LogP contribution in [0.25, 0.3) is 10.8 Å². The molecule has 1 nitrogen and oxygen atoms in total. The van der Waals surface area contributed by atoms with E-state index in [4.69, 9.17) is 0 Å². The normalized spacial score (nSPS) is 10.8. The van der Waals surface area contributed by atoms with Crippen LogP contribution in [0.4, 0.5) is 4.39 Å². The lowest BCUT2D eigenvalue weighted by Gasteiger charge is -2.09. The summed E-state index contributed by atoms with van der Waals surface area (Å²) in [6.45, 7) is 3.81. The molecule has 3 aromatic carbocycles. The number of aryl methyl sites for hydroxylation is 2. The first-order chi connectivity index (χ1) is 10.1. The zero-order chi connectivity index (χ0) is 15.0. The number of hydrogen-bond donors (Lipinski definition) is 0. The Hall–Kier alpha value is -2.48. The molecule has 3 rings (SSSR count). The minimum atomic E-state index is -0.468. The van der Waals surface area contributed by atoms with Crippen LogP contribution in [0.15, 0.2) is 54.6 Å². The van der Waals surface area contributed by atoms with Gasteiger partial charge in [-0.2, -0.15) is 0 Å². The van der Waals surface area contributed by atoms with Crippen LogP contribution in [0.1, 0.15) is 27.0 Å². The van der Waals surface area contributed by atoms with Crippen LogP contribution in [0.2, 0.25) is 0 Å². The number of carbonyl (C=O) groups excluding carboxylic acids is 1. The van der Waals surface area contributed by atoms with Crippen molar-refractivity contribution in [3.8, 4) is 0 Å². The third-order valence-electron chi connectivity index (χ3n) is 3.76. The number of benzene rings is 3. The Morgan fingerprint density at radius 3 is 2.24 bits per heavy atom. The second kappa shape index (κ2) is 5.13. The van der Waals surface area contributed by atoms with Crippen LogP contribution in [0.3, 0.4) is 0 Å². The number of carbonyl (C=O) groups is 1. The number of halogens is 1. The molecule has 0 atom stereocenters. The summed E-state index contributed by atoms with van der Waals surface area (Å²) in [5, 5.41) is 1.89. The van der Waals surface area contributed by atoms with Gasteiger partial charge in [-0.25, -0.2) is 4.39 Å². The van der Waals surface area contributed by atoms with Crippen molar-refractivity contribution in [2.75, 3.05) is 0 Å². The van der Waals surface area contributed by atoms with Gasteiger partial charge in [-0.05, 0) is 47.9 Å². The smallest absolute Gasteiger partial charge is 0.196 e. The van der Waals surface area contributed by atoms with E-state index in [0.717, 1.165) is 21.9 Å². The predicted octanol–water partition coefficient (Wildman–Crippen LogP) is 4.83. The van der Waals surface area contributed by atoms with Gasteiger partial charge in [0.1, 0.15) is 5.82 Å². The van der Waals surface area contributed by atoms with Gasteiger partial charge in [-0.1, -0.05) is 42.5 Å². The van der Waals surface area contributed by atoms with Crippen molar-refractivity contribution >= 4 is 16.6 Å². The van der Waals surface area contributed by atoms with Crippen LogP contribution < -0.4 is 0 Å². The highest BCUT2D eigenvalue weighted by Crippen LogP contribution is 2.25. The average Bonchev–Trinajstić information content (AvgIpc) is 2.47. The van der Waals surface area contributed by atoms with E-state index in [9.17, 15) is 9.18 Å². The van der Waals surface area contributed by atoms with Gasteiger partial charge in [0.25, 0.3) is 0 Å². The van der Waals surface area contributed by atoms with E-state index < -0.39 is 5.82 Å². The summed E-state index contributed by atoms with van der Waals surface area (Å²) in [6, 6.07) is 16.1. The highest BCUT2D eigenvalue weighted by atomic mass is 19.1. The van der Waals surface area contributed by atoms with E-state index in [-0.39, 0.29) is 11.3 Å². The second-order valence-electron chi connectivity index (χ2n) is 5.29. The van der Waals surface area contributed by atoms with Crippen molar-refractivity contribution in [2.45, 2.75) is 13.8 Å². The largest absolute Gasteiger partial charge is 0.288 e. The molecule has 3 aromatic rings. The Labute approximate surface area is 123 Å². The van der Waals surface area contributed by atoms with Gasteiger partial charge in [0.05, 0.1) is 5.56 Å². The van der Waals surface area contributed by atoms with Crippen LogP contribution in [0.5, 0.6) is 0 Å². The fourth-order valence-corrected chi connectivity index (χ4v) is 2.60. The molecule has 0 bridgehead atoms. The molecule has 0 aliphatic rings. The Kier molecular flexibility index (Phi) is 3.30. The molecule has 0 saturated heterocycles. The van der Waals surface area contributed by atoms with Crippen molar-refractivity contribution < 1.29 is 9.18 Å². The summed E-state index contributed by atoms with van der Waals surface area (Å²) in [5.74, 6) is -0.742. The zero-order valence-electron chi connectivity index (χ0n) is 12.0. The lowest BCUT2D eigenvalue weighted by molar-refractivity contribution is 0.103. The molecule has 0 saturated carbocycles. The summed E-state index contributed by atoms with van der Waals surface area (Å²) in [7, 11) is 0. The summed E-state index contributed by atoms with van der Waals surface area (Å²) >= 11 is 0. The quantitative estimate of drug-likeness (QED) is 0.614. The first kappa shape index (κ1) is 13.5. The van der Waals surface area contributed by atoms with Gasteiger partial charge in [0.15, 0.2) is 5.78 Å². The topological polar surface area (TPSA) is 17.1 Å². The van der Waals surface area contributed by atoms with E-state index in [1.807, 2.05) is 37.3 Å². The second-order valence-corrected chi connectivity index (χ2v) is 5.29. The molecule has 0 radical (unpaired) electrons. The fraction of sp³-hybridized carbons (Fsp3) is 0.105. The highest BCUT2D eigenvalue weighted by Gasteiger charge is 2.16. The summed E-state index contributed by atoms with van der Waals surface area (Å²) in [6.07, 6.45) is 0. The maximum absolute atomic E-state index is 14.0.